The van der Waals surface area contributed by atoms with E-state index in [0.29, 0.717) is 13.2 Å². The smallest absolute Gasteiger partial charge is 0.300 e. The SMILES string of the molecule is CCN(Cc1ccc(C(=O)NN)o1)C(C)COC. The van der Waals surface area contributed by atoms with E-state index in [0.717, 1.165) is 12.3 Å². The van der Waals surface area contributed by atoms with Crippen LogP contribution in [0.5, 0.6) is 0 Å². The first-order valence-corrected chi connectivity index (χ1v) is 5.95. The number of furan rings is 1. The van der Waals surface area contributed by atoms with Gasteiger partial charge in [0, 0.05) is 13.2 Å². The van der Waals surface area contributed by atoms with Gasteiger partial charge in [-0.25, -0.2) is 5.84 Å². The van der Waals surface area contributed by atoms with Crippen molar-refractivity contribution in [1.82, 2.24) is 10.3 Å². The van der Waals surface area contributed by atoms with Crippen molar-refractivity contribution >= 4 is 5.91 Å². The third-order valence-corrected chi connectivity index (χ3v) is 2.81. The fraction of sp³-hybridized carbons (Fsp3) is 0.583. The molecule has 1 aromatic rings. The number of carbonyl (C=O) groups is 1. The molecule has 1 aromatic heterocycles. The van der Waals surface area contributed by atoms with Gasteiger partial charge >= 0.3 is 5.91 Å². The maximum Gasteiger partial charge on any atom is 0.300 e. The van der Waals surface area contributed by atoms with Crippen molar-refractivity contribution in [1.29, 1.82) is 0 Å². The number of hydrazine groups is 1. The van der Waals surface area contributed by atoms with Crippen LogP contribution in [-0.2, 0) is 11.3 Å². The van der Waals surface area contributed by atoms with E-state index in [1.165, 1.54) is 0 Å². The Hall–Kier alpha value is -1.37. The molecule has 1 atom stereocenters. The summed E-state index contributed by atoms with van der Waals surface area (Å²) in [4.78, 5) is 13.5. The van der Waals surface area contributed by atoms with E-state index in [1.54, 1.807) is 19.2 Å². The van der Waals surface area contributed by atoms with Crippen molar-refractivity contribution < 1.29 is 13.9 Å². The monoisotopic (exact) mass is 255 g/mol. The second-order valence-corrected chi connectivity index (χ2v) is 4.11. The lowest BCUT2D eigenvalue weighted by Gasteiger charge is -2.26. The first-order valence-electron chi connectivity index (χ1n) is 5.95. The summed E-state index contributed by atoms with van der Waals surface area (Å²) in [6.45, 7) is 6.33. The van der Waals surface area contributed by atoms with E-state index in [2.05, 4.69) is 18.7 Å². The predicted molar refractivity (Wildman–Crippen MR) is 67.8 cm³/mol. The minimum atomic E-state index is -0.422. The fourth-order valence-corrected chi connectivity index (χ4v) is 1.78. The number of nitrogens with two attached hydrogens (primary N) is 1. The highest BCUT2D eigenvalue weighted by Gasteiger charge is 2.15. The molecule has 18 heavy (non-hydrogen) atoms. The maximum atomic E-state index is 11.3. The molecule has 1 amide bonds. The first-order chi connectivity index (χ1) is 8.62. The lowest BCUT2D eigenvalue weighted by molar-refractivity contribution is 0.0886. The molecule has 0 aliphatic rings. The van der Waals surface area contributed by atoms with Crippen molar-refractivity contribution in [3.8, 4) is 0 Å². The summed E-state index contributed by atoms with van der Waals surface area (Å²) in [7, 11) is 1.68. The third-order valence-electron chi connectivity index (χ3n) is 2.81. The summed E-state index contributed by atoms with van der Waals surface area (Å²) in [5.41, 5.74) is 2.04. The second kappa shape index (κ2) is 7.15. The zero-order chi connectivity index (χ0) is 13.5. The fourth-order valence-electron chi connectivity index (χ4n) is 1.78. The van der Waals surface area contributed by atoms with Gasteiger partial charge in [0.05, 0.1) is 13.2 Å². The predicted octanol–water partition coefficient (Wildman–Crippen LogP) is 0.740. The molecule has 0 radical (unpaired) electrons. The van der Waals surface area contributed by atoms with E-state index in [-0.39, 0.29) is 11.8 Å². The topological polar surface area (TPSA) is 80.7 Å². The second-order valence-electron chi connectivity index (χ2n) is 4.11. The van der Waals surface area contributed by atoms with Gasteiger partial charge in [0.2, 0.25) is 0 Å². The van der Waals surface area contributed by atoms with Crippen LogP contribution in [0.15, 0.2) is 16.5 Å². The van der Waals surface area contributed by atoms with Crippen LogP contribution in [0.4, 0.5) is 0 Å². The number of ether oxygens (including phenoxy) is 1. The van der Waals surface area contributed by atoms with Crippen molar-refractivity contribution in [3.63, 3.8) is 0 Å². The molecule has 1 heterocycles. The molecule has 0 bridgehead atoms. The molecule has 6 heteroatoms. The van der Waals surface area contributed by atoms with Crippen molar-refractivity contribution in [2.75, 3.05) is 20.3 Å². The van der Waals surface area contributed by atoms with Gasteiger partial charge in [-0.05, 0) is 25.6 Å². The number of carbonyl (C=O) groups excluding carboxylic acids is 1. The van der Waals surface area contributed by atoms with Crippen LogP contribution in [0.3, 0.4) is 0 Å². The van der Waals surface area contributed by atoms with Crippen molar-refractivity contribution in [3.05, 3.63) is 23.7 Å². The number of rotatable bonds is 7. The van der Waals surface area contributed by atoms with E-state index in [1.807, 2.05) is 5.43 Å². The third kappa shape index (κ3) is 3.83. The van der Waals surface area contributed by atoms with Crippen molar-refractivity contribution in [2.24, 2.45) is 5.84 Å². The summed E-state index contributed by atoms with van der Waals surface area (Å²) in [6, 6.07) is 3.69. The van der Waals surface area contributed by atoms with Gasteiger partial charge in [-0.1, -0.05) is 6.92 Å². The van der Waals surface area contributed by atoms with Gasteiger partial charge in [0.15, 0.2) is 5.76 Å². The van der Waals surface area contributed by atoms with Gasteiger partial charge < -0.3 is 9.15 Å². The number of likely N-dealkylation sites (N-methyl/N-ethyl adjacent to an activating group) is 1. The number of hydrogen-bond acceptors (Lipinski definition) is 5. The Bertz CT molecular complexity index is 378. The molecule has 0 spiro atoms. The zero-order valence-electron chi connectivity index (χ0n) is 11.1. The highest BCUT2D eigenvalue weighted by Crippen LogP contribution is 2.12. The normalized spacial score (nSPS) is 12.7. The van der Waals surface area contributed by atoms with Crippen LogP contribution in [-0.4, -0.2) is 37.1 Å². The molecule has 0 aromatic carbocycles. The Morgan fingerprint density at radius 3 is 2.89 bits per heavy atom. The summed E-state index contributed by atoms with van der Waals surface area (Å²) >= 11 is 0. The molecular formula is C12H21N3O3. The number of nitrogens with zero attached hydrogens (tertiary/aromatic N) is 1. The summed E-state index contributed by atoms with van der Waals surface area (Å²) in [5, 5.41) is 0. The molecule has 3 N–H and O–H groups in total. The van der Waals surface area contributed by atoms with Gasteiger partial charge in [-0.2, -0.15) is 0 Å². The molecule has 1 rings (SSSR count). The van der Waals surface area contributed by atoms with Crippen LogP contribution in [0, 0.1) is 0 Å². The standard InChI is InChI=1S/C12H21N3O3/c1-4-15(9(2)8-17-3)7-10-5-6-11(18-10)12(16)14-13/h5-6,9H,4,7-8,13H2,1-3H3,(H,14,16). The molecule has 0 saturated heterocycles. The van der Waals surface area contributed by atoms with Crippen LogP contribution < -0.4 is 11.3 Å². The molecule has 0 fully saturated rings. The Morgan fingerprint density at radius 2 is 2.33 bits per heavy atom. The maximum absolute atomic E-state index is 11.3. The van der Waals surface area contributed by atoms with E-state index < -0.39 is 5.91 Å². The van der Waals surface area contributed by atoms with Crippen LogP contribution in [0.1, 0.15) is 30.2 Å². The highest BCUT2D eigenvalue weighted by atomic mass is 16.5. The summed E-state index contributed by atoms with van der Waals surface area (Å²) in [6.07, 6.45) is 0. The van der Waals surface area contributed by atoms with E-state index in [4.69, 9.17) is 15.0 Å². The van der Waals surface area contributed by atoms with Gasteiger partial charge in [-0.15, -0.1) is 0 Å². The quantitative estimate of drug-likeness (QED) is 0.427. The number of methoxy groups -OCH3 is 1. The minimum absolute atomic E-state index is 0.225. The Labute approximate surface area is 107 Å². The van der Waals surface area contributed by atoms with E-state index in [9.17, 15) is 4.79 Å². The molecule has 0 saturated carbocycles. The molecule has 6 nitrogen and oxygen atoms in total. The largest absolute Gasteiger partial charge is 0.455 e. The van der Waals surface area contributed by atoms with Gasteiger partial charge in [0.25, 0.3) is 0 Å². The zero-order valence-corrected chi connectivity index (χ0v) is 11.1. The Kier molecular flexibility index (Phi) is 5.84. The molecule has 102 valence electrons. The highest BCUT2D eigenvalue weighted by molar-refractivity contribution is 5.90. The lowest BCUT2D eigenvalue weighted by Crippen LogP contribution is -2.35. The molecule has 0 aliphatic heterocycles. The van der Waals surface area contributed by atoms with Crippen LogP contribution in [0.25, 0.3) is 0 Å². The summed E-state index contributed by atoms with van der Waals surface area (Å²) in [5.74, 6) is 5.58. The average Bonchev–Trinajstić information content (AvgIpc) is 2.83. The Balaban J connectivity index is 2.64. The number of amides is 1. The molecular weight excluding hydrogens is 234 g/mol. The van der Waals surface area contributed by atoms with Crippen LogP contribution >= 0.6 is 0 Å². The average molecular weight is 255 g/mol. The number of hydrogen-bond donors (Lipinski definition) is 2. The number of nitrogens with one attached hydrogen (secondary N) is 1. The van der Waals surface area contributed by atoms with Gasteiger partial charge in [-0.3, -0.25) is 15.1 Å². The first kappa shape index (κ1) is 14.7. The Morgan fingerprint density at radius 1 is 1.61 bits per heavy atom. The van der Waals surface area contributed by atoms with Crippen LogP contribution in [0.2, 0.25) is 0 Å². The molecule has 1 unspecified atom stereocenters. The van der Waals surface area contributed by atoms with E-state index >= 15 is 0 Å². The summed E-state index contributed by atoms with van der Waals surface area (Å²) < 4.78 is 10.6. The van der Waals surface area contributed by atoms with Crippen molar-refractivity contribution in [2.45, 2.75) is 26.4 Å². The molecule has 0 aliphatic carbocycles. The number of nitrogen functional groups attached to an aromatic ring is 1. The lowest BCUT2D eigenvalue weighted by atomic mass is 10.2. The minimum Gasteiger partial charge on any atom is -0.455 e. The van der Waals surface area contributed by atoms with Gasteiger partial charge in [0.1, 0.15) is 5.76 Å².